The van der Waals surface area contributed by atoms with Crippen LogP contribution in [0.4, 0.5) is 5.82 Å². The van der Waals surface area contributed by atoms with Crippen molar-refractivity contribution < 1.29 is 0 Å². The second-order valence-corrected chi connectivity index (χ2v) is 4.28. The Bertz CT molecular complexity index is 371. The molecule has 0 bridgehead atoms. The van der Waals surface area contributed by atoms with Crippen molar-refractivity contribution in [3.63, 3.8) is 0 Å². The van der Waals surface area contributed by atoms with Crippen LogP contribution in [0.5, 0.6) is 0 Å². The summed E-state index contributed by atoms with van der Waals surface area (Å²) in [5, 5.41) is 3.35. The summed E-state index contributed by atoms with van der Waals surface area (Å²) in [6.07, 6.45) is 12.3. The standard InChI is InChI=1S/C13H19N3/c1-11-13(16-10-9-14-11)15-8-7-12-5-3-2-4-6-12/h5,9-10H,2-4,6-8H2,1H3,(H,15,16). The molecule has 1 heterocycles. The molecule has 0 fully saturated rings. The van der Waals surface area contributed by atoms with Gasteiger partial charge in [-0.1, -0.05) is 11.6 Å². The predicted octanol–water partition coefficient (Wildman–Crippen LogP) is 3.09. The van der Waals surface area contributed by atoms with Gasteiger partial charge in [0.2, 0.25) is 0 Å². The van der Waals surface area contributed by atoms with Gasteiger partial charge in [0.15, 0.2) is 0 Å². The first-order chi connectivity index (χ1) is 7.86. The molecule has 0 saturated heterocycles. The molecule has 3 nitrogen and oxygen atoms in total. The lowest BCUT2D eigenvalue weighted by Gasteiger charge is -2.13. The molecule has 0 aromatic carbocycles. The molecule has 16 heavy (non-hydrogen) atoms. The van der Waals surface area contributed by atoms with Gasteiger partial charge in [-0.25, -0.2) is 4.98 Å². The summed E-state index contributed by atoms with van der Waals surface area (Å²) in [6.45, 7) is 2.95. The van der Waals surface area contributed by atoms with Crippen molar-refractivity contribution in [1.82, 2.24) is 9.97 Å². The minimum atomic E-state index is 0.916. The summed E-state index contributed by atoms with van der Waals surface area (Å²) in [4.78, 5) is 8.47. The first-order valence-corrected chi connectivity index (χ1v) is 6.05. The predicted molar refractivity (Wildman–Crippen MR) is 66.4 cm³/mol. The van der Waals surface area contributed by atoms with Crippen LogP contribution in [-0.2, 0) is 0 Å². The Morgan fingerprint density at radius 1 is 1.25 bits per heavy atom. The highest BCUT2D eigenvalue weighted by molar-refractivity contribution is 5.38. The Kier molecular flexibility index (Phi) is 3.91. The molecule has 0 aliphatic heterocycles. The number of anilines is 1. The van der Waals surface area contributed by atoms with Crippen molar-refractivity contribution in [2.45, 2.75) is 39.0 Å². The van der Waals surface area contributed by atoms with Crippen molar-refractivity contribution in [2.75, 3.05) is 11.9 Å². The molecule has 0 radical (unpaired) electrons. The van der Waals surface area contributed by atoms with Crippen molar-refractivity contribution in [2.24, 2.45) is 0 Å². The zero-order chi connectivity index (χ0) is 11.2. The van der Waals surface area contributed by atoms with E-state index in [1.807, 2.05) is 6.92 Å². The summed E-state index contributed by atoms with van der Waals surface area (Å²) in [5.41, 5.74) is 2.57. The molecule has 1 N–H and O–H groups in total. The van der Waals surface area contributed by atoms with Crippen LogP contribution in [0.2, 0.25) is 0 Å². The molecular weight excluding hydrogens is 198 g/mol. The minimum Gasteiger partial charge on any atom is -0.368 e. The third-order valence-corrected chi connectivity index (χ3v) is 3.00. The Hall–Kier alpha value is -1.38. The highest BCUT2D eigenvalue weighted by atomic mass is 15.0. The van der Waals surface area contributed by atoms with Crippen LogP contribution < -0.4 is 5.32 Å². The molecule has 1 aromatic rings. The first kappa shape index (κ1) is 11.1. The molecule has 3 heteroatoms. The Labute approximate surface area is 97.0 Å². The number of rotatable bonds is 4. The lowest BCUT2D eigenvalue weighted by molar-refractivity contribution is 0.679. The van der Waals surface area contributed by atoms with Gasteiger partial charge in [0, 0.05) is 18.9 Å². The Balaban J connectivity index is 1.80. The van der Waals surface area contributed by atoms with E-state index in [-0.39, 0.29) is 0 Å². The van der Waals surface area contributed by atoms with E-state index < -0.39 is 0 Å². The quantitative estimate of drug-likeness (QED) is 0.787. The van der Waals surface area contributed by atoms with E-state index in [2.05, 4.69) is 21.4 Å². The highest BCUT2D eigenvalue weighted by Gasteiger charge is 2.04. The van der Waals surface area contributed by atoms with Gasteiger partial charge >= 0.3 is 0 Å². The molecule has 1 aliphatic carbocycles. The fourth-order valence-corrected chi connectivity index (χ4v) is 2.05. The van der Waals surface area contributed by atoms with Crippen molar-refractivity contribution in [1.29, 1.82) is 0 Å². The summed E-state index contributed by atoms with van der Waals surface area (Å²) in [5.74, 6) is 0.916. The molecule has 1 aromatic heterocycles. The van der Waals surface area contributed by atoms with Crippen molar-refractivity contribution in [3.05, 3.63) is 29.7 Å². The van der Waals surface area contributed by atoms with Crippen molar-refractivity contribution in [3.8, 4) is 0 Å². The third-order valence-electron chi connectivity index (χ3n) is 3.00. The molecule has 1 aliphatic rings. The molecular formula is C13H19N3. The topological polar surface area (TPSA) is 37.8 Å². The van der Waals surface area contributed by atoms with E-state index in [1.165, 1.54) is 25.7 Å². The van der Waals surface area contributed by atoms with E-state index in [9.17, 15) is 0 Å². The molecule has 0 saturated carbocycles. The second kappa shape index (κ2) is 5.64. The largest absolute Gasteiger partial charge is 0.368 e. The summed E-state index contributed by atoms with van der Waals surface area (Å²) >= 11 is 0. The molecule has 0 unspecified atom stereocenters. The molecule has 0 spiro atoms. The van der Waals surface area contributed by atoms with Crippen LogP contribution in [0.15, 0.2) is 24.0 Å². The Morgan fingerprint density at radius 3 is 2.88 bits per heavy atom. The van der Waals surface area contributed by atoms with Gasteiger partial charge in [-0.15, -0.1) is 0 Å². The van der Waals surface area contributed by atoms with E-state index in [4.69, 9.17) is 0 Å². The van der Waals surface area contributed by atoms with E-state index in [1.54, 1.807) is 18.0 Å². The lowest BCUT2D eigenvalue weighted by Crippen LogP contribution is -2.07. The molecule has 0 atom stereocenters. The van der Waals surface area contributed by atoms with E-state index >= 15 is 0 Å². The van der Waals surface area contributed by atoms with Gasteiger partial charge in [0.05, 0.1) is 5.69 Å². The minimum absolute atomic E-state index is 0.916. The van der Waals surface area contributed by atoms with E-state index in [0.717, 1.165) is 24.5 Å². The van der Waals surface area contributed by atoms with Crippen LogP contribution in [0.25, 0.3) is 0 Å². The summed E-state index contributed by atoms with van der Waals surface area (Å²) in [6, 6.07) is 0. The van der Waals surface area contributed by atoms with Crippen LogP contribution >= 0.6 is 0 Å². The maximum Gasteiger partial charge on any atom is 0.147 e. The zero-order valence-corrected chi connectivity index (χ0v) is 9.87. The number of aryl methyl sites for hydroxylation is 1. The fraction of sp³-hybridized carbons (Fsp3) is 0.538. The monoisotopic (exact) mass is 217 g/mol. The number of nitrogens with one attached hydrogen (secondary N) is 1. The van der Waals surface area contributed by atoms with E-state index in [0.29, 0.717) is 0 Å². The average molecular weight is 217 g/mol. The van der Waals surface area contributed by atoms with Crippen LogP contribution in [0.3, 0.4) is 0 Å². The van der Waals surface area contributed by atoms with Gasteiger partial charge in [-0.05, 0) is 39.0 Å². The number of allylic oxidation sites excluding steroid dienone is 1. The van der Waals surface area contributed by atoms with Crippen LogP contribution in [0.1, 0.15) is 37.8 Å². The Morgan fingerprint density at radius 2 is 2.12 bits per heavy atom. The average Bonchev–Trinajstić information content (AvgIpc) is 2.33. The number of hydrogen-bond acceptors (Lipinski definition) is 3. The van der Waals surface area contributed by atoms with Gasteiger partial charge in [-0.3, -0.25) is 4.98 Å². The van der Waals surface area contributed by atoms with Crippen molar-refractivity contribution >= 4 is 5.82 Å². The molecule has 86 valence electrons. The summed E-state index contributed by atoms with van der Waals surface area (Å²) in [7, 11) is 0. The maximum absolute atomic E-state index is 4.27. The van der Waals surface area contributed by atoms with Gasteiger partial charge in [0.25, 0.3) is 0 Å². The highest BCUT2D eigenvalue weighted by Crippen LogP contribution is 2.20. The fourth-order valence-electron chi connectivity index (χ4n) is 2.05. The van der Waals surface area contributed by atoms with Crippen LogP contribution in [-0.4, -0.2) is 16.5 Å². The van der Waals surface area contributed by atoms with Gasteiger partial charge in [-0.2, -0.15) is 0 Å². The maximum atomic E-state index is 4.27. The normalized spacial score (nSPS) is 15.7. The number of aromatic nitrogens is 2. The first-order valence-electron chi connectivity index (χ1n) is 6.05. The van der Waals surface area contributed by atoms with Gasteiger partial charge in [0.1, 0.15) is 5.82 Å². The third kappa shape index (κ3) is 3.05. The smallest absolute Gasteiger partial charge is 0.147 e. The lowest BCUT2D eigenvalue weighted by atomic mass is 9.97. The number of hydrogen-bond donors (Lipinski definition) is 1. The summed E-state index contributed by atoms with van der Waals surface area (Å²) < 4.78 is 0. The molecule has 0 amide bonds. The molecule has 2 rings (SSSR count). The number of nitrogens with zero attached hydrogens (tertiary/aromatic N) is 2. The van der Waals surface area contributed by atoms with Gasteiger partial charge < -0.3 is 5.32 Å². The van der Waals surface area contributed by atoms with Crippen LogP contribution in [0, 0.1) is 6.92 Å². The second-order valence-electron chi connectivity index (χ2n) is 4.28. The zero-order valence-electron chi connectivity index (χ0n) is 9.87. The SMILES string of the molecule is Cc1nccnc1NCCC1=CCCCC1.